The molecule has 0 heterocycles. The van der Waals surface area contributed by atoms with Crippen molar-refractivity contribution >= 4 is 33.4 Å². The summed E-state index contributed by atoms with van der Waals surface area (Å²) in [4.78, 5) is 4.73. The summed E-state index contributed by atoms with van der Waals surface area (Å²) < 4.78 is 10.8. The SMILES string of the molecule is COc1ccc(OC)c(N=Cc2c3ccccc3cc3ccccc23)c1. The third kappa shape index (κ3) is 2.88. The largest absolute Gasteiger partial charge is 0.497 e. The van der Waals surface area contributed by atoms with Gasteiger partial charge in [-0.1, -0.05) is 48.5 Å². The van der Waals surface area contributed by atoms with Gasteiger partial charge < -0.3 is 9.47 Å². The lowest BCUT2D eigenvalue weighted by Gasteiger charge is -2.09. The average Bonchev–Trinajstić information content (AvgIpc) is 2.70. The maximum absolute atomic E-state index is 5.44. The van der Waals surface area contributed by atoms with Crippen LogP contribution < -0.4 is 9.47 Å². The van der Waals surface area contributed by atoms with E-state index < -0.39 is 0 Å². The van der Waals surface area contributed by atoms with Gasteiger partial charge in [-0.15, -0.1) is 0 Å². The van der Waals surface area contributed by atoms with Crippen LogP contribution >= 0.6 is 0 Å². The Kier molecular flexibility index (Phi) is 4.28. The fraction of sp³-hybridized carbons (Fsp3) is 0.0870. The molecule has 0 aliphatic rings. The highest BCUT2D eigenvalue weighted by molar-refractivity contribution is 6.13. The standard InChI is InChI=1S/C23H19NO2/c1-25-18-11-12-23(26-2)22(14-18)24-15-21-19-9-5-3-7-16(19)13-17-8-4-6-10-20(17)21/h3-15H,1-2H3. The Hall–Kier alpha value is -3.33. The predicted octanol–water partition coefficient (Wildman–Crippen LogP) is 5.76. The molecule has 0 aromatic heterocycles. The molecule has 0 spiro atoms. The Morgan fingerprint density at radius 2 is 1.38 bits per heavy atom. The zero-order chi connectivity index (χ0) is 17.9. The monoisotopic (exact) mass is 341 g/mol. The number of benzene rings is 4. The first-order valence-corrected chi connectivity index (χ1v) is 8.47. The number of aliphatic imine (C=N–C) groups is 1. The molecule has 4 aromatic rings. The van der Waals surface area contributed by atoms with Crippen LogP contribution in [0.2, 0.25) is 0 Å². The van der Waals surface area contributed by atoms with E-state index in [0.717, 1.165) is 17.0 Å². The van der Waals surface area contributed by atoms with E-state index in [1.54, 1.807) is 14.2 Å². The number of rotatable bonds is 4. The van der Waals surface area contributed by atoms with Crippen LogP contribution in [0.15, 0.2) is 77.8 Å². The van der Waals surface area contributed by atoms with Gasteiger partial charge >= 0.3 is 0 Å². The van der Waals surface area contributed by atoms with Crippen molar-refractivity contribution in [2.24, 2.45) is 4.99 Å². The second kappa shape index (κ2) is 6.89. The van der Waals surface area contributed by atoms with Crippen LogP contribution in [-0.4, -0.2) is 20.4 Å². The molecule has 0 atom stereocenters. The van der Waals surface area contributed by atoms with E-state index in [1.165, 1.54) is 21.5 Å². The minimum Gasteiger partial charge on any atom is -0.497 e. The fourth-order valence-electron chi connectivity index (χ4n) is 3.22. The van der Waals surface area contributed by atoms with Gasteiger partial charge in [0.15, 0.2) is 0 Å². The molecule has 128 valence electrons. The molecule has 4 rings (SSSR count). The zero-order valence-electron chi connectivity index (χ0n) is 14.8. The van der Waals surface area contributed by atoms with Gasteiger partial charge in [0, 0.05) is 17.8 Å². The lowest BCUT2D eigenvalue weighted by Crippen LogP contribution is -1.90. The Morgan fingerprint density at radius 1 is 0.731 bits per heavy atom. The number of hydrogen-bond donors (Lipinski definition) is 0. The maximum atomic E-state index is 5.44. The highest BCUT2D eigenvalue weighted by atomic mass is 16.5. The van der Waals surface area contributed by atoms with E-state index in [-0.39, 0.29) is 0 Å². The fourth-order valence-corrected chi connectivity index (χ4v) is 3.22. The summed E-state index contributed by atoms with van der Waals surface area (Å²) in [5.41, 5.74) is 1.84. The first-order chi connectivity index (χ1) is 12.8. The molecular formula is C23H19NO2. The van der Waals surface area contributed by atoms with Gasteiger partial charge in [0.05, 0.1) is 14.2 Å². The van der Waals surface area contributed by atoms with Crippen molar-refractivity contribution in [1.82, 2.24) is 0 Å². The van der Waals surface area contributed by atoms with Gasteiger partial charge in [0.1, 0.15) is 17.2 Å². The van der Waals surface area contributed by atoms with Crippen molar-refractivity contribution in [3.63, 3.8) is 0 Å². The van der Waals surface area contributed by atoms with E-state index in [1.807, 2.05) is 24.4 Å². The van der Waals surface area contributed by atoms with Gasteiger partial charge in [-0.05, 0) is 39.7 Å². The average molecular weight is 341 g/mol. The molecule has 0 aliphatic heterocycles. The predicted molar refractivity (Wildman–Crippen MR) is 108 cm³/mol. The number of ether oxygens (including phenoxy) is 2. The van der Waals surface area contributed by atoms with Crippen molar-refractivity contribution in [3.8, 4) is 11.5 Å². The second-order valence-corrected chi connectivity index (χ2v) is 6.03. The van der Waals surface area contributed by atoms with Crippen molar-refractivity contribution in [2.45, 2.75) is 0 Å². The number of nitrogens with zero attached hydrogens (tertiary/aromatic N) is 1. The van der Waals surface area contributed by atoms with Gasteiger partial charge in [0.2, 0.25) is 0 Å². The summed E-state index contributed by atoms with van der Waals surface area (Å²) in [7, 11) is 3.29. The molecule has 0 aliphatic carbocycles. The minimum absolute atomic E-state index is 0.714. The third-order valence-corrected chi connectivity index (χ3v) is 4.53. The maximum Gasteiger partial charge on any atom is 0.144 e. The van der Waals surface area contributed by atoms with Gasteiger partial charge in [-0.25, -0.2) is 0 Å². The first kappa shape index (κ1) is 16.2. The van der Waals surface area contributed by atoms with Crippen molar-refractivity contribution in [3.05, 3.63) is 78.4 Å². The van der Waals surface area contributed by atoms with E-state index >= 15 is 0 Å². The summed E-state index contributed by atoms with van der Waals surface area (Å²) in [5, 5.41) is 4.75. The highest BCUT2D eigenvalue weighted by Crippen LogP contribution is 2.33. The van der Waals surface area contributed by atoms with Crippen LogP contribution in [0.5, 0.6) is 11.5 Å². The van der Waals surface area contributed by atoms with Crippen LogP contribution in [0.25, 0.3) is 21.5 Å². The molecule has 0 fully saturated rings. The van der Waals surface area contributed by atoms with E-state index in [9.17, 15) is 0 Å². The minimum atomic E-state index is 0.714. The van der Waals surface area contributed by atoms with Crippen LogP contribution in [0.3, 0.4) is 0 Å². The van der Waals surface area contributed by atoms with Crippen molar-refractivity contribution in [2.75, 3.05) is 14.2 Å². The lowest BCUT2D eigenvalue weighted by molar-refractivity contribution is 0.404. The summed E-state index contributed by atoms with van der Waals surface area (Å²) in [6.45, 7) is 0. The second-order valence-electron chi connectivity index (χ2n) is 6.03. The quantitative estimate of drug-likeness (QED) is 0.349. The molecule has 0 unspecified atom stereocenters. The van der Waals surface area contributed by atoms with Crippen LogP contribution in [0.1, 0.15) is 5.56 Å². The van der Waals surface area contributed by atoms with Gasteiger partial charge in [-0.3, -0.25) is 4.99 Å². The summed E-state index contributed by atoms with van der Waals surface area (Å²) in [6.07, 6.45) is 1.92. The molecule has 26 heavy (non-hydrogen) atoms. The Balaban J connectivity index is 1.92. The molecule has 4 aromatic carbocycles. The molecule has 0 bridgehead atoms. The normalized spacial score (nSPS) is 11.3. The van der Waals surface area contributed by atoms with Crippen LogP contribution in [-0.2, 0) is 0 Å². The van der Waals surface area contributed by atoms with Crippen molar-refractivity contribution < 1.29 is 9.47 Å². The molecular weight excluding hydrogens is 322 g/mol. The molecule has 0 radical (unpaired) electrons. The van der Waals surface area contributed by atoms with Gasteiger partial charge in [-0.2, -0.15) is 0 Å². The van der Waals surface area contributed by atoms with E-state index in [2.05, 4.69) is 54.6 Å². The van der Waals surface area contributed by atoms with Gasteiger partial charge in [0.25, 0.3) is 0 Å². The molecule has 3 nitrogen and oxygen atoms in total. The number of fused-ring (bicyclic) bond motifs is 2. The summed E-state index contributed by atoms with van der Waals surface area (Å²) >= 11 is 0. The molecule has 0 saturated carbocycles. The molecule has 0 saturated heterocycles. The summed E-state index contributed by atoms with van der Waals surface area (Å²) in [5.74, 6) is 1.47. The molecule has 0 N–H and O–H groups in total. The van der Waals surface area contributed by atoms with Crippen molar-refractivity contribution in [1.29, 1.82) is 0 Å². The topological polar surface area (TPSA) is 30.8 Å². The van der Waals surface area contributed by atoms with E-state index in [0.29, 0.717) is 5.75 Å². The third-order valence-electron chi connectivity index (χ3n) is 4.53. The highest BCUT2D eigenvalue weighted by Gasteiger charge is 2.07. The summed E-state index contributed by atoms with van der Waals surface area (Å²) in [6, 6.07) is 24.6. The van der Waals surface area contributed by atoms with E-state index in [4.69, 9.17) is 14.5 Å². The lowest BCUT2D eigenvalue weighted by atomic mass is 9.97. The first-order valence-electron chi connectivity index (χ1n) is 8.47. The van der Waals surface area contributed by atoms with Crippen LogP contribution in [0, 0.1) is 0 Å². The zero-order valence-corrected chi connectivity index (χ0v) is 14.8. The van der Waals surface area contributed by atoms with Crippen LogP contribution in [0.4, 0.5) is 5.69 Å². The Bertz CT molecular complexity index is 1060. The molecule has 0 amide bonds. The Labute approximate surface area is 152 Å². The number of hydrogen-bond acceptors (Lipinski definition) is 3. The smallest absolute Gasteiger partial charge is 0.144 e. The number of methoxy groups -OCH3 is 2. The molecule has 3 heteroatoms. The Morgan fingerprint density at radius 3 is 2.00 bits per heavy atom.